The zero-order chi connectivity index (χ0) is 13.9. The summed E-state index contributed by atoms with van der Waals surface area (Å²) in [5.74, 6) is -0.0807. The molecule has 0 saturated heterocycles. The molecule has 0 radical (unpaired) electrons. The van der Waals surface area contributed by atoms with E-state index in [-0.39, 0.29) is 11.4 Å². The van der Waals surface area contributed by atoms with E-state index in [1.807, 2.05) is 6.92 Å². The predicted octanol–water partition coefficient (Wildman–Crippen LogP) is 1.48. The van der Waals surface area contributed by atoms with Gasteiger partial charge in [0.1, 0.15) is 0 Å². The quantitative estimate of drug-likeness (QED) is 0.864. The molecule has 1 fully saturated rings. The maximum absolute atomic E-state index is 12.4. The Morgan fingerprint density at radius 2 is 2.00 bits per heavy atom. The number of carbonyl (C=O) groups is 1. The van der Waals surface area contributed by atoms with Crippen molar-refractivity contribution in [2.75, 3.05) is 6.54 Å². The number of hydrogen-bond acceptors (Lipinski definition) is 4. The van der Waals surface area contributed by atoms with Crippen molar-refractivity contribution in [2.24, 2.45) is 5.73 Å². The molecule has 2 rings (SSSR count). The minimum absolute atomic E-state index is 0.0807. The summed E-state index contributed by atoms with van der Waals surface area (Å²) in [6.45, 7) is 4.13. The van der Waals surface area contributed by atoms with Gasteiger partial charge in [0.25, 0.3) is 5.91 Å². The van der Waals surface area contributed by atoms with Gasteiger partial charge in [0.05, 0.1) is 22.5 Å². The van der Waals surface area contributed by atoms with E-state index < -0.39 is 0 Å². The van der Waals surface area contributed by atoms with Crippen molar-refractivity contribution in [1.82, 2.24) is 15.5 Å². The first-order valence-corrected chi connectivity index (χ1v) is 6.90. The van der Waals surface area contributed by atoms with Gasteiger partial charge in [-0.2, -0.15) is 10.2 Å². The Kier molecular flexibility index (Phi) is 4.14. The molecule has 1 aliphatic rings. The third-order valence-electron chi connectivity index (χ3n) is 3.93. The van der Waals surface area contributed by atoms with Crippen LogP contribution in [0, 0.1) is 13.8 Å². The van der Waals surface area contributed by atoms with Crippen molar-refractivity contribution in [2.45, 2.75) is 51.5 Å². The molecular formula is C14H22N4O. The summed E-state index contributed by atoms with van der Waals surface area (Å²) < 4.78 is 0. The molecule has 19 heavy (non-hydrogen) atoms. The lowest BCUT2D eigenvalue weighted by molar-refractivity contribution is 0.0873. The molecule has 3 N–H and O–H groups in total. The van der Waals surface area contributed by atoms with Gasteiger partial charge in [0, 0.05) is 6.54 Å². The molecule has 104 valence electrons. The number of nitrogens with two attached hydrogens (primary N) is 1. The maximum atomic E-state index is 12.4. The van der Waals surface area contributed by atoms with Crippen molar-refractivity contribution in [1.29, 1.82) is 0 Å². The lowest BCUT2D eigenvalue weighted by Gasteiger charge is -2.37. The summed E-state index contributed by atoms with van der Waals surface area (Å²) >= 11 is 0. The highest BCUT2D eigenvalue weighted by molar-refractivity contribution is 5.95. The highest BCUT2D eigenvalue weighted by Crippen LogP contribution is 2.27. The highest BCUT2D eigenvalue weighted by Gasteiger charge is 2.32. The van der Waals surface area contributed by atoms with Crippen LogP contribution in [0.2, 0.25) is 0 Å². The van der Waals surface area contributed by atoms with Crippen molar-refractivity contribution >= 4 is 5.91 Å². The lowest BCUT2D eigenvalue weighted by atomic mass is 9.81. The minimum Gasteiger partial charge on any atom is -0.345 e. The van der Waals surface area contributed by atoms with Crippen LogP contribution in [0.3, 0.4) is 0 Å². The summed E-state index contributed by atoms with van der Waals surface area (Å²) in [6, 6.07) is 1.78. The van der Waals surface area contributed by atoms with Gasteiger partial charge in [-0.3, -0.25) is 4.79 Å². The zero-order valence-corrected chi connectivity index (χ0v) is 11.7. The van der Waals surface area contributed by atoms with Crippen LogP contribution in [0.15, 0.2) is 6.07 Å². The predicted molar refractivity (Wildman–Crippen MR) is 73.8 cm³/mol. The van der Waals surface area contributed by atoms with Crippen molar-refractivity contribution in [3.05, 3.63) is 23.0 Å². The Morgan fingerprint density at radius 3 is 2.63 bits per heavy atom. The molecule has 0 spiro atoms. The molecule has 1 aliphatic carbocycles. The van der Waals surface area contributed by atoms with Crippen LogP contribution in [0.1, 0.15) is 53.8 Å². The second-order valence-corrected chi connectivity index (χ2v) is 5.48. The molecule has 0 bridgehead atoms. The van der Waals surface area contributed by atoms with E-state index in [1.54, 1.807) is 13.0 Å². The molecule has 1 heterocycles. The average molecular weight is 262 g/mol. The van der Waals surface area contributed by atoms with Crippen LogP contribution in [-0.4, -0.2) is 28.2 Å². The molecule has 0 atom stereocenters. The topological polar surface area (TPSA) is 80.9 Å². The van der Waals surface area contributed by atoms with Gasteiger partial charge in [-0.25, -0.2) is 0 Å². The Labute approximate surface area is 114 Å². The zero-order valence-electron chi connectivity index (χ0n) is 11.7. The minimum atomic E-state index is -0.237. The fourth-order valence-electron chi connectivity index (χ4n) is 2.70. The van der Waals surface area contributed by atoms with E-state index in [2.05, 4.69) is 15.5 Å². The standard InChI is InChI=1S/C14H22N4O/c1-10-8-12(11(2)18-17-10)13(19)16-14(9-15)6-4-3-5-7-14/h8H,3-7,9,15H2,1-2H3,(H,16,19). The molecule has 1 saturated carbocycles. The SMILES string of the molecule is Cc1cc(C(=O)NC2(CN)CCCCC2)c(C)nn1. The van der Waals surface area contributed by atoms with Gasteiger partial charge >= 0.3 is 0 Å². The highest BCUT2D eigenvalue weighted by atomic mass is 16.1. The smallest absolute Gasteiger partial charge is 0.253 e. The normalized spacial score (nSPS) is 18.1. The Hall–Kier alpha value is -1.49. The van der Waals surface area contributed by atoms with Gasteiger partial charge in [-0.05, 0) is 32.8 Å². The van der Waals surface area contributed by atoms with Crippen LogP contribution in [0.25, 0.3) is 0 Å². The first-order chi connectivity index (χ1) is 9.06. The molecule has 0 aromatic carbocycles. The number of hydrogen-bond donors (Lipinski definition) is 2. The van der Waals surface area contributed by atoms with Gasteiger partial charge in [-0.15, -0.1) is 0 Å². The van der Waals surface area contributed by atoms with Gasteiger partial charge < -0.3 is 11.1 Å². The summed E-state index contributed by atoms with van der Waals surface area (Å²) in [4.78, 5) is 12.4. The number of carbonyl (C=O) groups excluding carboxylic acids is 1. The third-order valence-corrected chi connectivity index (χ3v) is 3.93. The van der Waals surface area contributed by atoms with Crippen molar-refractivity contribution in [3.8, 4) is 0 Å². The average Bonchev–Trinajstić information content (AvgIpc) is 2.42. The number of nitrogens with one attached hydrogen (secondary N) is 1. The van der Waals surface area contributed by atoms with E-state index in [1.165, 1.54) is 6.42 Å². The molecule has 1 amide bonds. The molecular weight excluding hydrogens is 240 g/mol. The van der Waals surface area contributed by atoms with E-state index in [4.69, 9.17) is 5.73 Å². The number of aromatic nitrogens is 2. The molecule has 1 aromatic rings. The first kappa shape index (κ1) is 13.9. The third kappa shape index (κ3) is 3.10. The molecule has 1 aromatic heterocycles. The maximum Gasteiger partial charge on any atom is 0.253 e. The first-order valence-electron chi connectivity index (χ1n) is 6.90. The van der Waals surface area contributed by atoms with Gasteiger partial charge in [-0.1, -0.05) is 19.3 Å². The Balaban J connectivity index is 2.17. The Bertz CT molecular complexity index is 467. The van der Waals surface area contributed by atoms with Crippen molar-refractivity contribution < 1.29 is 4.79 Å². The number of rotatable bonds is 3. The summed E-state index contributed by atoms with van der Waals surface area (Å²) in [5.41, 5.74) is 7.66. The van der Waals surface area contributed by atoms with E-state index in [0.717, 1.165) is 31.4 Å². The van der Waals surface area contributed by atoms with E-state index >= 15 is 0 Å². The monoisotopic (exact) mass is 262 g/mol. The summed E-state index contributed by atoms with van der Waals surface area (Å²) in [6.07, 6.45) is 5.41. The number of aryl methyl sites for hydroxylation is 2. The van der Waals surface area contributed by atoms with Gasteiger partial charge in [0.2, 0.25) is 0 Å². The van der Waals surface area contributed by atoms with E-state index in [0.29, 0.717) is 17.8 Å². The molecule has 5 heteroatoms. The largest absolute Gasteiger partial charge is 0.345 e. The van der Waals surface area contributed by atoms with Crippen LogP contribution >= 0.6 is 0 Å². The molecule has 0 aliphatic heterocycles. The fourth-order valence-corrected chi connectivity index (χ4v) is 2.70. The van der Waals surface area contributed by atoms with Crippen LogP contribution < -0.4 is 11.1 Å². The molecule has 0 unspecified atom stereocenters. The summed E-state index contributed by atoms with van der Waals surface area (Å²) in [5, 5.41) is 11.1. The Morgan fingerprint density at radius 1 is 1.32 bits per heavy atom. The second-order valence-electron chi connectivity index (χ2n) is 5.48. The van der Waals surface area contributed by atoms with E-state index in [9.17, 15) is 4.79 Å². The molecule has 5 nitrogen and oxygen atoms in total. The number of nitrogens with zero attached hydrogens (tertiary/aromatic N) is 2. The second kappa shape index (κ2) is 5.65. The fraction of sp³-hybridized carbons (Fsp3) is 0.643. The van der Waals surface area contributed by atoms with Crippen LogP contribution in [0.5, 0.6) is 0 Å². The number of amides is 1. The summed E-state index contributed by atoms with van der Waals surface area (Å²) in [7, 11) is 0. The lowest BCUT2D eigenvalue weighted by Crippen LogP contribution is -2.54. The van der Waals surface area contributed by atoms with Crippen molar-refractivity contribution in [3.63, 3.8) is 0 Å². The van der Waals surface area contributed by atoms with Gasteiger partial charge in [0.15, 0.2) is 0 Å². The van der Waals surface area contributed by atoms with Crippen LogP contribution in [0.4, 0.5) is 0 Å². The van der Waals surface area contributed by atoms with Crippen LogP contribution in [-0.2, 0) is 0 Å².